The Morgan fingerprint density at radius 2 is 1.80 bits per heavy atom. The standard InChI is InChI=1S/C32H38ClN5O2S/c1-19-18-25-29(27(21-8-10-22(33)11-9-21)26(19)28(20(2)39)40-32(3,4)5)41-30(35-25)24-12-15-34-31(36-24)38-16-13-23(14-17-38)37(6)7/h8-12,15,18,23,28H,13-14,16-17H2,1-7H3/t28-/m1/s1. The number of piperidine rings is 1. The first-order valence-electron chi connectivity index (χ1n) is 14.0. The summed E-state index contributed by atoms with van der Waals surface area (Å²) in [5.41, 5.74) is 4.88. The highest BCUT2D eigenvalue weighted by Gasteiger charge is 2.31. The Bertz CT molecular complexity index is 1550. The molecule has 1 aliphatic heterocycles. The highest BCUT2D eigenvalue weighted by Crippen LogP contribution is 2.44. The molecule has 1 fully saturated rings. The summed E-state index contributed by atoms with van der Waals surface area (Å²) in [5, 5.41) is 1.47. The molecule has 0 radical (unpaired) electrons. The lowest BCUT2D eigenvalue weighted by Crippen LogP contribution is -2.42. The van der Waals surface area contributed by atoms with Crippen LogP contribution < -0.4 is 4.90 Å². The Balaban J connectivity index is 1.62. The molecule has 3 heterocycles. The number of anilines is 1. The molecule has 0 saturated carbocycles. The van der Waals surface area contributed by atoms with Crippen LogP contribution in [0.3, 0.4) is 0 Å². The van der Waals surface area contributed by atoms with Crippen molar-refractivity contribution in [2.75, 3.05) is 32.1 Å². The van der Waals surface area contributed by atoms with Crippen LogP contribution in [0.15, 0.2) is 42.6 Å². The number of carbonyl (C=O) groups excluding carboxylic acids is 1. The Labute approximate surface area is 251 Å². The first-order chi connectivity index (χ1) is 19.4. The number of rotatable bonds is 7. The van der Waals surface area contributed by atoms with Gasteiger partial charge in [-0.3, -0.25) is 4.79 Å². The van der Waals surface area contributed by atoms with Gasteiger partial charge in [0.25, 0.3) is 0 Å². The average molecular weight is 592 g/mol. The summed E-state index contributed by atoms with van der Waals surface area (Å²) < 4.78 is 7.36. The molecule has 216 valence electrons. The number of ketones is 1. The molecular formula is C32H38ClN5O2S. The van der Waals surface area contributed by atoms with Crippen LogP contribution in [0.25, 0.3) is 32.0 Å². The third-order valence-corrected chi connectivity index (χ3v) is 8.87. The van der Waals surface area contributed by atoms with E-state index in [1.165, 1.54) is 0 Å². The summed E-state index contributed by atoms with van der Waals surface area (Å²) in [7, 11) is 4.29. The van der Waals surface area contributed by atoms with Gasteiger partial charge >= 0.3 is 0 Å². The molecule has 0 amide bonds. The van der Waals surface area contributed by atoms with E-state index in [2.05, 4.69) is 34.9 Å². The highest BCUT2D eigenvalue weighted by atomic mass is 35.5. The average Bonchev–Trinajstić information content (AvgIpc) is 3.35. The van der Waals surface area contributed by atoms with Crippen LogP contribution in [0, 0.1) is 6.92 Å². The maximum atomic E-state index is 13.0. The van der Waals surface area contributed by atoms with Crippen LogP contribution in [-0.4, -0.2) is 64.5 Å². The van der Waals surface area contributed by atoms with Crippen LogP contribution in [0.2, 0.25) is 5.02 Å². The molecule has 4 aromatic rings. The quantitative estimate of drug-likeness (QED) is 0.222. The van der Waals surface area contributed by atoms with Gasteiger partial charge in [-0.15, -0.1) is 11.3 Å². The molecule has 9 heteroatoms. The zero-order chi connectivity index (χ0) is 29.5. The second-order valence-electron chi connectivity index (χ2n) is 12.0. The smallest absolute Gasteiger partial charge is 0.225 e. The van der Waals surface area contributed by atoms with Crippen LogP contribution in [0.1, 0.15) is 57.8 Å². The second kappa shape index (κ2) is 11.8. The first kappa shape index (κ1) is 29.6. The zero-order valence-electron chi connectivity index (χ0n) is 24.9. The number of hydrogen-bond donors (Lipinski definition) is 0. The minimum atomic E-state index is -0.716. The van der Waals surface area contributed by atoms with Crippen LogP contribution in [0.5, 0.6) is 0 Å². The predicted molar refractivity (Wildman–Crippen MR) is 169 cm³/mol. The summed E-state index contributed by atoms with van der Waals surface area (Å²) in [6.45, 7) is 11.4. The van der Waals surface area contributed by atoms with Crippen molar-refractivity contribution in [3.63, 3.8) is 0 Å². The molecule has 1 aliphatic rings. The van der Waals surface area contributed by atoms with E-state index >= 15 is 0 Å². The number of hydrogen-bond acceptors (Lipinski definition) is 8. The first-order valence-corrected chi connectivity index (χ1v) is 15.2. The number of aromatic nitrogens is 3. The van der Waals surface area contributed by atoms with Gasteiger partial charge in [-0.05, 0) is 96.9 Å². The summed E-state index contributed by atoms with van der Waals surface area (Å²) in [6, 6.07) is 12.3. The van der Waals surface area contributed by atoms with E-state index in [1.807, 2.05) is 64.2 Å². The van der Waals surface area contributed by atoms with Crippen LogP contribution in [0.4, 0.5) is 5.95 Å². The molecular weight excluding hydrogens is 554 g/mol. The molecule has 0 spiro atoms. The van der Waals surface area contributed by atoms with Crippen molar-refractivity contribution in [2.45, 2.75) is 65.2 Å². The van der Waals surface area contributed by atoms with Crippen LogP contribution >= 0.6 is 22.9 Å². The maximum absolute atomic E-state index is 13.0. The molecule has 7 nitrogen and oxygen atoms in total. The Morgan fingerprint density at radius 3 is 2.41 bits per heavy atom. The number of nitrogens with zero attached hydrogens (tertiary/aromatic N) is 5. The van der Waals surface area contributed by atoms with Gasteiger partial charge in [-0.25, -0.2) is 15.0 Å². The van der Waals surface area contributed by atoms with Gasteiger partial charge in [0.15, 0.2) is 5.78 Å². The number of ether oxygens (including phenoxy) is 1. The number of Topliss-reactive ketones (excluding diaryl/α,β-unsaturated/α-hetero) is 1. The van der Waals surface area contributed by atoms with Gasteiger partial charge in [-0.1, -0.05) is 23.7 Å². The van der Waals surface area contributed by atoms with E-state index in [-0.39, 0.29) is 5.78 Å². The molecule has 1 saturated heterocycles. The fourth-order valence-corrected chi connectivity index (χ4v) is 6.68. The molecule has 1 atom stereocenters. The lowest BCUT2D eigenvalue weighted by atomic mass is 9.90. The number of halogens is 1. The summed E-state index contributed by atoms with van der Waals surface area (Å²) in [4.78, 5) is 32.2. The topological polar surface area (TPSA) is 71.5 Å². The summed E-state index contributed by atoms with van der Waals surface area (Å²) in [6.07, 6.45) is 3.28. The van der Waals surface area contributed by atoms with Crippen molar-refractivity contribution < 1.29 is 9.53 Å². The molecule has 2 aromatic carbocycles. The third kappa shape index (κ3) is 6.46. The maximum Gasteiger partial charge on any atom is 0.225 e. The van der Waals surface area contributed by atoms with Crippen molar-refractivity contribution in [2.24, 2.45) is 0 Å². The van der Waals surface area contributed by atoms with Crippen molar-refractivity contribution in [1.29, 1.82) is 0 Å². The number of aryl methyl sites for hydroxylation is 1. The van der Waals surface area contributed by atoms with Gasteiger partial charge in [0.05, 0.1) is 15.8 Å². The van der Waals surface area contributed by atoms with Gasteiger partial charge < -0.3 is 14.5 Å². The number of thiazole rings is 1. The van der Waals surface area contributed by atoms with Gasteiger partial charge in [-0.2, -0.15) is 0 Å². The molecule has 0 N–H and O–H groups in total. The predicted octanol–water partition coefficient (Wildman–Crippen LogP) is 7.36. The van der Waals surface area contributed by atoms with Crippen molar-refractivity contribution >= 4 is 44.9 Å². The van der Waals surface area contributed by atoms with E-state index in [0.717, 1.165) is 75.1 Å². The Morgan fingerprint density at radius 1 is 1.12 bits per heavy atom. The third-order valence-electron chi connectivity index (χ3n) is 7.50. The van der Waals surface area contributed by atoms with E-state index < -0.39 is 11.7 Å². The normalized spacial score (nSPS) is 15.6. The van der Waals surface area contributed by atoms with Crippen molar-refractivity contribution in [3.8, 4) is 21.8 Å². The molecule has 0 unspecified atom stereocenters. The van der Waals surface area contributed by atoms with E-state index in [9.17, 15) is 4.79 Å². The highest BCUT2D eigenvalue weighted by molar-refractivity contribution is 7.22. The number of fused-ring (bicyclic) bond motifs is 1. The van der Waals surface area contributed by atoms with Gasteiger partial charge in [0, 0.05) is 41.5 Å². The van der Waals surface area contributed by atoms with E-state index in [1.54, 1.807) is 18.3 Å². The monoisotopic (exact) mass is 591 g/mol. The molecule has 41 heavy (non-hydrogen) atoms. The van der Waals surface area contributed by atoms with E-state index in [4.69, 9.17) is 26.3 Å². The van der Waals surface area contributed by atoms with Gasteiger partial charge in [0.1, 0.15) is 16.8 Å². The number of benzene rings is 2. The fourth-order valence-electron chi connectivity index (χ4n) is 5.46. The minimum absolute atomic E-state index is 0.0409. The fraction of sp³-hybridized carbons (Fsp3) is 0.438. The van der Waals surface area contributed by atoms with Crippen LogP contribution in [-0.2, 0) is 9.53 Å². The zero-order valence-corrected chi connectivity index (χ0v) is 26.4. The largest absolute Gasteiger partial charge is 0.360 e. The van der Waals surface area contributed by atoms with Gasteiger partial charge in [0.2, 0.25) is 5.95 Å². The lowest BCUT2D eigenvalue weighted by molar-refractivity contribution is -0.138. The lowest BCUT2D eigenvalue weighted by Gasteiger charge is -2.35. The van der Waals surface area contributed by atoms with E-state index in [0.29, 0.717) is 11.1 Å². The Kier molecular flexibility index (Phi) is 8.48. The molecule has 5 rings (SSSR count). The molecule has 0 bridgehead atoms. The number of carbonyl (C=O) groups is 1. The molecule has 0 aliphatic carbocycles. The van der Waals surface area contributed by atoms with Crippen molar-refractivity contribution in [3.05, 3.63) is 58.7 Å². The Hall–Kier alpha value is -2.91. The minimum Gasteiger partial charge on any atom is -0.360 e. The second-order valence-corrected chi connectivity index (χ2v) is 13.4. The molecule has 2 aromatic heterocycles. The SMILES string of the molecule is CC(=O)[C@@H](OC(C)(C)C)c1c(C)cc2nc(-c3ccnc(N4CCC(N(C)C)CC4)n3)sc2c1-c1ccc(Cl)cc1. The van der Waals surface area contributed by atoms with Crippen molar-refractivity contribution in [1.82, 2.24) is 19.9 Å². The summed E-state index contributed by atoms with van der Waals surface area (Å²) >= 11 is 7.85. The summed E-state index contributed by atoms with van der Waals surface area (Å²) in [5.74, 6) is 0.699.